The lowest BCUT2D eigenvalue weighted by Gasteiger charge is -2.16. The fourth-order valence-electron chi connectivity index (χ4n) is 2.35. The molecule has 1 unspecified atom stereocenters. The predicted molar refractivity (Wildman–Crippen MR) is 114 cm³/mol. The number of benzene rings is 2. The third kappa shape index (κ3) is 6.01. The Balaban J connectivity index is 1.47. The van der Waals surface area contributed by atoms with Gasteiger partial charge in [-0.3, -0.25) is 20.4 Å². The molecule has 2 amide bonds. The first-order valence-corrected chi connectivity index (χ1v) is 10.1. The predicted octanol–water partition coefficient (Wildman–Crippen LogP) is 4.50. The normalized spacial score (nSPS) is 11.4. The number of hydrazine groups is 1. The van der Waals surface area contributed by atoms with E-state index in [0.717, 1.165) is 0 Å². The average molecular weight is 494 g/mol. The molecule has 156 valence electrons. The van der Waals surface area contributed by atoms with Crippen LogP contribution < -0.4 is 20.3 Å². The lowest BCUT2D eigenvalue weighted by atomic mass is 10.3. The molecule has 9 heteroatoms. The maximum Gasteiger partial charge on any atom is 0.305 e. The van der Waals surface area contributed by atoms with Crippen LogP contribution in [0.2, 0.25) is 5.02 Å². The zero-order valence-electron chi connectivity index (χ0n) is 15.9. The van der Waals surface area contributed by atoms with Crippen LogP contribution in [0.5, 0.6) is 11.5 Å². The summed E-state index contributed by atoms with van der Waals surface area (Å²) >= 11 is 9.20. The van der Waals surface area contributed by atoms with Crippen molar-refractivity contribution in [1.82, 2.24) is 10.9 Å². The minimum absolute atomic E-state index is 0.0379. The smallest absolute Gasteiger partial charge is 0.305 e. The molecule has 0 aliphatic rings. The molecule has 1 aromatic heterocycles. The maximum atomic E-state index is 12.2. The lowest BCUT2D eigenvalue weighted by molar-refractivity contribution is -0.128. The first kappa shape index (κ1) is 21.7. The van der Waals surface area contributed by atoms with Gasteiger partial charge in [0, 0.05) is 5.02 Å². The molecule has 0 aliphatic heterocycles. The summed E-state index contributed by atoms with van der Waals surface area (Å²) in [5.41, 5.74) is 4.59. The molecule has 0 saturated carbocycles. The van der Waals surface area contributed by atoms with Gasteiger partial charge in [0.1, 0.15) is 23.9 Å². The number of halogens is 2. The van der Waals surface area contributed by atoms with Gasteiger partial charge in [-0.25, -0.2) is 0 Å². The molecule has 1 heterocycles. The highest BCUT2D eigenvalue weighted by Gasteiger charge is 2.18. The van der Waals surface area contributed by atoms with Crippen LogP contribution in [0.25, 0.3) is 0 Å². The maximum absolute atomic E-state index is 12.2. The van der Waals surface area contributed by atoms with Gasteiger partial charge in [0.05, 0.1) is 4.47 Å². The summed E-state index contributed by atoms with van der Waals surface area (Å²) < 4.78 is 17.2. The Morgan fingerprint density at radius 2 is 1.87 bits per heavy atom. The van der Waals surface area contributed by atoms with Crippen LogP contribution in [0.1, 0.15) is 23.2 Å². The molecule has 3 rings (SSSR count). The Bertz CT molecular complexity index is 1030. The third-order valence-electron chi connectivity index (χ3n) is 3.88. The number of ether oxygens (including phenoxy) is 2. The van der Waals surface area contributed by atoms with E-state index in [1.54, 1.807) is 31.2 Å². The van der Waals surface area contributed by atoms with Gasteiger partial charge in [0.2, 0.25) is 0 Å². The molecule has 0 aliphatic carbocycles. The van der Waals surface area contributed by atoms with Crippen molar-refractivity contribution in [3.05, 3.63) is 81.7 Å². The molecule has 0 spiro atoms. The third-order valence-corrected chi connectivity index (χ3v) is 4.73. The van der Waals surface area contributed by atoms with Gasteiger partial charge in [-0.1, -0.05) is 29.8 Å². The zero-order chi connectivity index (χ0) is 21.5. The Morgan fingerprint density at radius 1 is 1.10 bits per heavy atom. The monoisotopic (exact) mass is 492 g/mol. The van der Waals surface area contributed by atoms with Crippen LogP contribution in [0.3, 0.4) is 0 Å². The van der Waals surface area contributed by atoms with Crippen LogP contribution in [0.4, 0.5) is 0 Å². The number of para-hydroxylation sites is 1. The summed E-state index contributed by atoms with van der Waals surface area (Å²) in [5, 5.41) is 0.533. The van der Waals surface area contributed by atoms with E-state index in [0.29, 0.717) is 26.8 Å². The van der Waals surface area contributed by atoms with Crippen molar-refractivity contribution < 1.29 is 23.5 Å². The topological polar surface area (TPSA) is 89.8 Å². The number of rotatable bonds is 7. The van der Waals surface area contributed by atoms with E-state index in [2.05, 4.69) is 26.8 Å². The second-order valence-corrected chi connectivity index (χ2v) is 7.44. The minimum Gasteiger partial charge on any atom is -0.486 e. The van der Waals surface area contributed by atoms with Crippen molar-refractivity contribution >= 4 is 39.3 Å². The molecule has 0 fully saturated rings. The van der Waals surface area contributed by atoms with Crippen molar-refractivity contribution in [2.75, 3.05) is 0 Å². The van der Waals surface area contributed by atoms with E-state index in [-0.39, 0.29) is 12.4 Å². The van der Waals surface area contributed by atoms with Crippen LogP contribution >= 0.6 is 27.5 Å². The lowest BCUT2D eigenvalue weighted by Crippen LogP contribution is -2.47. The van der Waals surface area contributed by atoms with Crippen LogP contribution in [0.15, 0.2) is 69.6 Å². The number of nitrogens with one attached hydrogen (secondary N) is 2. The van der Waals surface area contributed by atoms with Crippen molar-refractivity contribution in [3.63, 3.8) is 0 Å². The van der Waals surface area contributed by atoms with Crippen molar-refractivity contribution in [2.24, 2.45) is 0 Å². The van der Waals surface area contributed by atoms with Crippen molar-refractivity contribution in [1.29, 1.82) is 0 Å². The largest absolute Gasteiger partial charge is 0.486 e. The van der Waals surface area contributed by atoms with Gasteiger partial charge in [-0.2, -0.15) is 0 Å². The highest BCUT2D eigenvalue weighted by Crippen LogP contribution is 2.28. The summed E-state index contributed by atoms with van der Waals surface area (Å²) in [6.07, 6.45) is -0.866. The van der Waals surface area contributed by atoms with Gasteiger partial charge >= 0.3 is 5.91 Å². The Morgan fingerprint density at radius 3 is 2.60 bits per heavy atom. The molecular formula is C21H18BrClN2O5. The van der Waals surface area contributed by atoms with E-state index >= 15 is 0 Å². The van der Waals surface area contributed by atoms with Gasteiger partial charge in [0.25, 0.3) is 5.91 Å². The first-order chi connectivity index (χ1) is 14.4. The van der Waals surface area contributed by atoms with Crippen molar-refractivity contribution in [2.45, 2.75) is 19.6 Å². The zero-order valence-corrected chi connectivity index (χ0v) is 18.2. The second kappa shape index (κ2) is 10.2. The second-order valence-electron chi connectivity index (χ2n) is 6.15. The number of amides is 2. The number of hydrogen-bond donors (Lipinski definition) is 2. The highest BCUT2D eigenvalue weighted by molar-refractivity contribution is 9.10. The fraction of sp³-hybridized carbons (Fsp3) is 0.143. The molecule has 0 radical (unpaired) electrons. The minimum atomic E-state index is -0.866. The molecule has 0 bridgehead atoms. The fourth-order valence-corrected chi connectivity index (χ4v) is 3.12. The van der Waals surface area contributed by atoms with Crippen molar-refractivity contribution in [3.8, 4) is 11.5 Å². The standard InChI is InChI=1S/C21H18BrClN2O5/c1-13(29-18-9-7-14(23)11-17(18)22)20(26)24-25-21(27)19-10-8-16(30-19)12-28-15-5-3-2-4-6-15/h2-11,13H,12H2,1H3,(H,24,26)(H,25,27). The molecule has 1 atom stereocenters. The van der Waals surface area contributed by atoms with E-state index in [4.69, 9.17) is 25.5 Å². The molecule has 0 saturated heterocycles. The molecule has 30 heavy (non-hydrogen) atoms. The van der Waals surface area contributed by atoms with E-state index in [9.17, 15) is 9.59 Å². The summed E-state index contributed by atoms with van der Waals surface area (Å²) in [6.45, 7) is 1.72. The summed E-state index contributed by atoms with van der Waals surface area (Å²) in [5.74, 6) is 0.505. The number of carbonyl (C=O) groups excluding carboxylic acids is 2. The van der Waals surface area contributed by atoms with Crippen LogP contribution in [0, 0.1) is 0 Å². The molecule has 7 nitrogen and oxygen atoms in total. The first-order valence-electron chi connectivity index (χ1n) is 8.91. The average Bonchev–Trinajstić information content (AvgIpc) is 3.22. The Labute approximate surface area is 186 Å². The van der Waals surface area contributed by atoms with E-state index in [1.165, 1.54) is 6.07 Å². The summed E-state index contributed by atoms with van der Waals surface area (Å²) in [6, 6.07) is 17.3. The SMILES string of the molecule is CC(Oc1ccc(Cl)cc1Br)C(=O)NNC(=O)c1ccc(COc2ccccc2)o1. The highest BCUT2D eigenvalue weighted by atomic mass is 79.9. The molecular weight excluding hydrogens is 476 g/mol. The number of hydrogen-bond acceptors (Lipinski definition) is 5. The Kier molecular flexibility index (Phi) is 7.37. The molecule has 2 aromatic carbocycles. The number of furan rings is 1. The Hall–Kier alpha value is -2.97. The summed E-state index contributed by atoms with van der Waals surface area (Å²) in [4.78, 5) is 24.4. The van der Waals surface area contributed by atoms with E-state index < -0.39 is 17.9 Å². The quantitative estimate of drug-likeness (QED) is 0.473. The van der Waals surface area contributed by atoms with Gasteiger partial charge in [-0.05, 0) is 65.3 Å². The van der Waals surface area contributed by atoms with Gasteiger partial charge < -0.3 is 13.9 Å². The molecule has 3 aromatic rings. The van der Waals surface area contributed by atoms with Crippen LogP contribution in [-0.4, -0.2) is 17.9 Å². The number of carbonyl (C=O) groups is 2. The van der Waals surface area contributed by atoms with E-state index in [1.807, 2.05) is 30.3 Å². The summed E-state index contributed by atoms with van der Waals surface area (Å²) in [7, 11) is 0. The van der Waals surface area contributed by atoms with Gasteiger partial charge in [0.15, 0.2) is 11.9 Å². The molecule has 2 N–H and O–H groups in total. The van der Waals surface area contributed by atoms with Crippen LogP contribution in [-0.2, 0) is 11.4 Å². The van der Waals surface area contributed by atoms with Gasteiger partial charge in [-0.15, -0.1) is 0 Å².